The Morgan fingerprint density at radius 1 is 1.38 bits per heavy atom. The van der Waals surface area contributed by atoms with Crippen molar-refractivity contribution < 1.29 is 24.0 Å². The molecule has 1 nitrogen and oxygen atoms in total. The van der Waals surface area contributed by atoms with Gasteiger partial charge in [-0.05, 0) is 6.92 Å². The zero-order chi connectivity index (χ0) is 6.08. The van der Waals surface area contributed by atoms with Crippen molar-refractivity contribution in [3.8, 4) is 0 Å². The summed E-state index contributed by atoms with van der Waals surface area (Å²) in [4.78, 5) is 0. The molecule has 0 aliphatic heterocycles. The van der Waals surface area contributed by atoms with E-state index in [1.165, 1.54) is 0 Å². The van der Waals surface area contributed by atoms with E-state index < -0.39 is 6.10 Å². The average molecular weight is 106 g/mol. The van der Waals surface area contributed by atoms with E-state index in [0.29, 0.717) is 0 Å². The van der Waals surface area contributed by atoms with E-state index in [-0.39, 0.29) is 24.3 Å². The van der Waals surface area contributed by atoms with Crippen LogP contribution in [-0.4, -0.2) is 6.10 Å². The van der Waals surface area contributed by atoms with Gasteiger partial charge in [-0.15, -0.1) is 6.10 Å². The van der Waals surface area contributed by atoms with Crippen LogP contribution in [0, 0.1) is 12.3 Å². The molecule has 2 radical (unpaired) electrons. The molecule has 2 heteroatoms. The predicted molar refractivity (Wildman–Crippen MR) is 27.5 cm³/mol. The van der Waals surface area contributed by atoms with E-state index in [0.717, 1.165) is 0 Å². The van der Waals surface area contributed by atoms with Crippen LogP contribution in [0.2, 0.25) is 0 Å². The maximum absolute atomic E-state index is 10.3. The molecule has 0 amide bonds. The smallest absolute Gasteiger partial charge is 0.851 e. The molecule has 0 N–H and O–H groups in total. The van der Waals surface area contributed by atoms with Crippen LogP contribution < -0.4 is 24.0 Å². The minimum atomic E-state index is -0.951. The second-order valence-corrected chi connectivity index (χ2v) is 2.79. The van der Waals surface area contributed by atoms with Crippen molar-refractivity contribution in [2.75, 3.05) is 0 Å². The van der Waals surface area contributed by atoms with Crippen molar-refractivity contribution in [3.63, 3.8) is 0 Å². The molecular formula is C6H11LiO. The van der Waals surface area contributed by atoms with Crippen molar-refractivity contribution in [1.29, 1.82) is 0 Å². The third kappa shape index (κ3) is 4.71. The van der Waals surface area contributed by atoms with E-state index in [9.17, 15) is 5.11 Å². The first-order valence-corrected chi connectivity index (χ1v) is 2.36. The van der Waals surface area contributed by atoms with Gasteiger partial charge >= 0.3 is 18.9 Å². The monoisotopic (exact) mass is 106 g/mol. The molecule has 0 bridgehead atoms. The normalized spacial score (nSPS) is 14.6. The fourth-order valence-electron chi connectivity index (χ4n) is 0. The first-order chi connectivity index (χ1) is 2.94. The van der Waals surface area contributed by atoms with Crippen LogP contribution in [0.25, 0.3) is 0 Å². The molecule has 0 saturated heterocycles. The van der Waals surface area contributed by atoms with Gasteiger partial charge in [-0.25, -0.2) is 0 Å². The second kappa shape index (κ2) is 3.56. The van der Waals surface area contributed by atoms with Gasteiger partial charge in [0.15, 0.2) is 0 Å². The summed E-state index contributed by atoms with van der Waals surface area (Å²) in [7, 11) is 0. The zero-order valence-corrected chi connectivity index (χ0v) is 6.06. The molecule has 0 rings (SSSR count). The fourth-order valence-corrected chi connectivity index (χ4v) is 0. The first kappa shape index (κ1) is 11.4. The van der Waals surface area contributed by atoms with Crippen molar-refractivity contribution in [3.05, 3.63) is 6.92 Å². The molecule has 0 aliphatic rings. The van der Waals surface area contributed by atoms with Crippen LogP contribution in [-0.2, 0) is 0 Å². The fraction of sp³-hybridized carbons (Fsp3) is 0.833. The molecular weight excluding hydrogens is 95.0 g/mol. The Morgan fingerprint density at radius 2 is 1.50 bits per heavy atom. The predicted octanol–water partition coefficient (Wildman–Crippen LogP) is -2.52. The Balaban J connectivity index is 0. The van der Waals surface area contributed by atoms with Gasteiger partial charge in [0.1, 0.15) is 0 Å². The summed E-state index contributed by atoms with van der Waals surface area (Å²) in [6.45, 7) is 10.5. The van der Waals surface area contributed by atoms with Gasteiger partial charge < -0.3 is 5.11 Å². The summed E-state index contributed by atoms with van der Waals surface area (Å²) < 4.78 is 0. The Labute approximate surface area is 63.7 Å². The van der Waals surface area contributed by atoms with E-state index in [2.05, 4.69) is 0 Å². The molecule has 0 spiro atoms. The van der Waals surface area contributed by atoms with E-state index in [1.807, 2.05) is 20.8 Å². The largest absolute Gasteiger partial charge is 1.00 e. The third-order valence-corrected chi connectivity index (χ3v) is 0.854. The zero-order valence-electron chi connectivity index (χ0n) is 6.06. The maximum atomic E-state index is 10.3. The minimum Gasteiger partial charge on any atom is -0.851 e. The van der Waals surface area contributed by atoms with Gasteiger partial charge in [0.05, 0.1) is 0 Å². The standard InChI is InChI=1S/C6H11O.Li/c1-5(7)6(2,3)4;/h1,5H,2-4H3;/q-1;+1. The van der Waals surface area contributed by atoms with Crippen LogP contribution in [0.5, 0.6) is 0 Å². The summed E-state index contributed by atoms with van der Waals surface area (Å²) >= 11 is 0. The number of hydrogen-bond donors (Lipinski definition) is 0. The van der Waals surface area contributed by atoms with Gasteiger partial charge in [0, 0.05) is 0 Å². The topological polar surface area (TPSA) is 23.1 Å². The molecule has 1 unspecified atom stereocenters. The number of hydrogen-bond acceptors (Lipinski definition) is 1. The Kier molecular flexibility index (Phi) is 5.05. The molecule has 1 atom stereocenters. The van der Waals surface area contributed by atoms with Gasteiger partial charge in [-0.2, -0.15) is 0 Å². The van der Waals surface area contributed by atoms with Gasteiger partial charge in [-0.3, -0.25) is 0 Å². The van der Waals surface area contributed by atoms with E-state index >= 15 is 0 Å². The summed E-state index contributed by atoms with van der Waals surface area (Å²) in [6.07, 6.45) is -0.951. The van der Waals surface area contributed by atoms with Crippen LogP contribution in [0.15, 0.2) is 0 Å². The summed E-state index contributed by atoms with van der Waals surface area (Å²) in [5.41, 5.74) is -0.278. The van der Waals surface area contributed by atoms with Crippen molar-refractivity contribution in [1.82, 2.24) is 0 Å². The Morgan fingerprint density at radius 3 is 1.50 bits per heavy atom. The van der Waals surface area contributed by atoms with Crippen LogP contribution in [0.4, 0.5) is 0 Å². The minimum absolute atomic E-state index is 0. The molecule has 0 saturated carbocycles. The molecule has 8 heavy (non-hydrogen) atoms. The van der Waals surface area contributed by atoms with E-state index in [1.54, 1.807) is 0 Å². The summed E-state index contributed by atoms with van der Waals surface area (Å²) in [6, 6.07) is 0. The summed E-state index contributed by atoms with van der Waals surface area (Å²) in [5.74, 6) is 0. The van der Waals surface area contributed by atoms with E-state index in [4.69, 9.17) is 6.92 Å². The average Bonchev–Trinajstić information content (AvgIpc) is 1.31. The van der Waals surface area contributed by atoms with Crippen LogP contribution in [0.3, 0.4) is 0 Å². The second-order valence-electron chi connectivity index (χ2n) is 2.79. The molecule has 0 aromatic heterocycles. The molecule has 0 fully saturated rings. The maximum Gasteiger partial charge on any atom is 1.00 e. The van der Waals surface area contributed by atoms with Crippen LogP contribution >= 0.6 is 0 Å². The Hall–Kier alpha value is 0.557. The molecule has 0 aromatic rings. The van der Waals surface area contributed by atoms with Crippen molar-refractivity contribution >= 4 is 0 Å². The Bertz CT molecular complexity index is 54.0. The molecule has 42 valence electrons. The molecule has 0 heterocycles. The molecule has 0 aromatic carbocycles. The third-order valence-electron chi connectivity index (χ3n) is 0.854. The van der Waals surface area contributed by atoms with Crippen molar-refractivity contribution in [2.24, 2.45) is 5.41 Å². The van der Waals surface area contributed by atoms with Crippen LogP contribution in [0.1, 0.15) is 20.8 Å². The van der Waals surface area contributed by atoms with Crippen molar-refractivity contribution in [2.45, 2.75) is 26.9 Å². The van der Waals surface area contributed by atoms with Gasteiger partial charge in [0.2, 0.25) is 0 Å². The first-order valence-electron chi connectivity index (χ1n) is 2.36. The quantitative estimate of drug-likeness (QED) is 0.312. The van der Waals surface area contributed by atoms with Gasteiger partial charge in [0.25, 0.3) is 0 Å². The van der Waals surface area contributed by atoms with Gasteiger partial charge in [-0.1, -0.05) is 26.2 Å². The number of rotatable bonds is 0. The summed E-state index contributed by atoms with van der Waals surface area (Å²) in [5, 5.41) is 10.3. The molecule has 0 aliphatic carbocycles. The SMILES string of the molecule is [CH]C([O-])C(C)(C)C.[Li+].